The number of thiazole rings is 1. The molecule has 0 radical (unpaired) electrons. The summed E-state index contributed by atoms with van der Waals surface area (Å²) in [7, 11) is 0. The van der Waals surface area contributed by atoms with Crippen molar-refractivity contribution in [3.05, 3.63) is 39.8 Å². The molecule has 110 valence electrons. The molecule has 0 aliphatic carbocycles. The van der Waals surface area contributed by atoms with E-state index in [0.29, 0.717) is 10.8 Å². The van der Waals surface area contributed by atoms with Crippen LogP contribution in [-0.4, -0.2) is 23.5 Å². The van der Waals surface area contributed by atoms with Gasteiger partial charge in [0.25, 0.3) is 0 Å². The van der Waals surface area contributed by atoms with Gasteiger partial charge in [-0.05, 0) is 30.7 Å². The minimum Gasteiger partial charge on any atom is -0.329 e. The number of aromatic nitrogens is 1. The quantitative estimate of drug-likeness (QED) is 0.775. The normalized spacial score (nSPS) is 10.0. The van der Waals surface area contributed by atoms with E-state index in [2.05, 4.69) is 36.9 Å². The zero-order chi connectivity index (χ0) is 15.2. The Balaban J connectivity index is 1.80. The number of urea groups is 1. The first-order chi connectivity index (χ1) is 10.0. The molecule has 0 unspecified atom stereocenters. The fourth-order valence-electron chi connectivity index (χ4n) is 1.55. The van der Waals surface area contributed by atoms with Crippen molar-refractivity contribution in [3.63, 3.8) is 0 Å². The molecule has 3 N–H and O–H groups in total. The molecule has 2 aromatic rings. The number of nitrogens with one attached hydrogen (secondary N) is 3. The van der Waals surface area contributed by atoms with Crippen LogP contribution in [0.3, 0.4) is 0 Å². The molecule has 3 amide bonds. The Bertz CT molecular complexity index is 646. The molecule has 0 atom stereocenters. The number of rotatable bonds is 4. The van der Waals surface area contributed by atoms with Crippen LogP contribution in [-0.2, 0) is 4.79 Å². The molecular formula is C13H13BrN4O2S. The molecule has 6 nitrogen and oxygen atoms in total. The topological polar surface area (TPSA) is 83.1 Å². The molecule has 0 saturated heterocycles. The Morgan fingerprint density at radius 2 is 2.14 bits per heavy atom. The molecule has 1 heterocycles. The van der Waals surface area contributed by atoms with Gasteiger partial charge >= 0.3 is 6.03 Å². The van der Waals surface area contributed by atoms with Gasteiger partial charge in [0.1, 0.15) is 0 Å². The monoisotopic (exact) mass is 368 g/mol. The average molecular weight is 369 g/mol. The third-order valence-electron chi connectivity index (χ3n) is 2.52. The van der Waals surface area contributed by atoms with E-state index >= 15 is 0 Å². The van der Waals surface area contributed by atoms with Crippen molar-refractivity contribution in [1.29, 1.82) is 0 Å². The van der Waals surface area contributed by atoms with Crippen molar-refractivity contribution < 1.29 is 9.59 Å². The summed E-state index contributed by atoms with van der Waals surface area (Å²) in [6, 6.07) is 5.07. The van der Waals surface area contributed by atoms with E-state index in [0.717, 1.165) is 10.0 Å². The fraction of sp³-hybridized carbons (Fsp3) is 0.154. The summed E-state index contributed by atoms with van der Waals surface area (Å²) in [5.41, 5.74) is 1.65. The highest BCUT2D eigenvalue weighted by atomic mass is 79.9. The second-order valence-corrected chi connectivity index (χ2v) is 5.96. The van der Waals surface area contributed by atoms with Crippen molar-refractivity contribution in [2.75, 3.05) is 17.2 Å². The lowest BCUT2D eigenvalue weighted by Crippen LogP contribution is -2.35. The Hall–Kier alpha value is -1.93. The van der Waals surface area contributed by atoms with E-state index < -0.39 is 6.03 Å². The third-order valence-corrected chi connectivity index (χ3v) is 3.71. The van der Waals surface area contributed by atoms with E-state index in [1.54, 1.807) is 17.6 Å². The Kier molecular flexibility index (Phi) is 5.29. The van der Waals surface area contributed by atoms with Crippen LogP contribution in [0.25, 0.3) is 0 Å². The molecule has 0 fully saturated rings. The molecular weight excluding hydrogens is 356 g/mol. The van der Waals surface area contributed by atoms with E-state index in [4.69, 9.17) is 0 Å². The number of aryl methyl sites for hydroxylation is 1. The van der Waals surface area contributed by atoms with E-state index in [9.17, 15) is 9.59 Å². The van der Waals surface area contributed by atoms with Gasteiger partial charge in [0, 0.05) is 21.7 Å². The molecule has 0 saturated carbocycles. The highest BCUT2D eigenvalue weighted by Crippen LogP contribution is 2.19. The maximum Gasteiger partial charge on any atom is 0.321 e. The first-order valence-corrected chi connectivity index (χ1v) is 7.72. The number of amides is 3. The van der Waals surface area contributed by atoms with Crippen molar-refractivity contribution in [3.8, 4) is 0 Å². The SMILES string of the molecule is Cc1cc(Br)ccc1NC(=O)CNC(=O)Nc1nccs1. The molecule has 0 aliphatic rings. The van der Waals surface area contributed by atoms with Gasteiger partial charge < -0.3 is 10.6 Å². The van der Waals surface area contributed by atoms with Crippen LogP contribution in [0.2, 0.25) is 0 Å². The van der Waals surface area contributed by atoms with Crippen molar-refractivity contribution in [1.82, 2.24) is 10.3 Å². The lowest BCUT2D eigenvalue weighted by molar-refractivity contribution is -0.115. The lowest BCUT2D eigenvalue weighted by atomic mass is 10.2. The minimum atomic E-state index is -0.465. The van der Waals surface area contributed by atoms with Gasteiger partial charge in [-0.2, -0.15) is 0 Å². The summed E-state index contributed by atoms with van der Waals surface area (Å²) < 4.78 is 0.943. The van der Waals surface area contributed by atoms with Gasteiger partial charge in [-0.15, -0.1) is 11.3 Å². The zero-order valence-electron chi connectivity index (χ0n) is 11.1. The second-order valence-electron chi connectivity index (χ2n) is 4.15. The summed E-state index contributed by atoms with van der Waals surface area (Å²) in [5.74, 6) is -0.297. The van der Waals surface area contributed by atoms with Gasteiger partial charge in [-0.25, -0.2) is 9.78 Å². The number of halogens is 1. The third kappa shape index (κ3) is 4.83. The minimum absolute atomic E-state index is 0.118. The molecule has 0 spiro atoms. The van der Waals surface area contributed by atoms with E-state index in [1.807, 2.05) is 19.1 Å². The predicted octanol–water partition coefficient (Wildman–Crippen LogP) is 2.97. The number of benzene rings is 1. The number of hydrogen-bond acceptors (Lipinski definition) is 4. The van der Waals surface area contributed by atoms with Crippen LogP contribution >= 0.6 is 27.3 Å². The number of hydrogen-bond donors (Lipinski definition) is 3. The Labute approximate surface area is 134 Å². The number of anilines is 2. The first kappa shape index (κ1) is 15.5. The summed E-state index contributed by atoms with van der Waals surface area (Å²) in [6.07, 6.45) is 1.59. The maximum absolute atomic E-state index is 11.8. The van der Waals surface area contributed by atoms with Gasteiger partial charge in [-0.1, -0.05) is 15.9 Å². The molecule has 0 aliphatic heterocycles. The van der Waals surface area contributed by atoms with Crippen LogP contribution in [0, 0.1) is 6.92 Å². The summed E-state index contributed by atoms with van der Waals surface area (Å²) in [4.78, 5) is 27.2. The molecule has 1 aromatic heterocycles. The highest BCUT2D eigenvalue weighted by Gasteiger charge is 2.08. The van der Waals surface area contributed by atoms with Crippen LogP contribution in [0.1, 0.15) is 5.56 Å². The molecule has 1 aromatic carbocycles. The Morgan fingerprint density at radius 1 is 1.33 bits per heavy atom. The van der Waals surface area contributed by atoms with Crippen molar-refractivity contribution in [2.45, 2.75) is 6.92 Å². The maximum atomic E-state index is 11.8. The summed E-state index contributed by atoms with van der Waals surface area (Å²) in [6.45, 7) is 1.77. The molecule has 2 rings (SSSR count). The van der Waals surface area contributed by atoms with Crippen molar-refractivity contribution in [2.24, 2.45) is 0 Å². The van der Waals surface area contributed by atoms with Gasteiger partial charge in [0.2, 0.25) is 5.91 Å². The fourth-order valence-corrected chi connectivity index (χ4v) is 2.55. The van der Waals surface area contributed by atoms with Gasteiger partial charge in [0.05, 0.1) is 6.54 Å². The molecule has 0 bridgehead atoms. The summed E-state index contributed by atoms with van der Waals surface area (Å²) in [5, 5.41) is 9.97. The smallest absolute Gasteiger partial charge is 0.321 e. The molecule has 21 heavy (non-hydrogen) atoms. The predicted molar refractivity (Wildman–Crippen MR) is 86.6 cm³/mol. The first-order valence-electron chi connectivity index (χ1n) is 6.05. The number of carbonyl (C=O) groups is 2. The van der Waals surface area contributed by atoms with Gasteiger partial charge in [0.15, 0.2) is 5.13 Å². The van der Waals surface area contributed by atoms with Crippen LogP contribution in [0.4, 0.5) is 15.6 Å². The highest BCUT2D eigenvalue weighted by molar-refractivity contribution is 9.10. The average Bonchev–Trinajstić information content (AvgIpc) is 2.92. The largest absolute Gasteiger partial charge is 0.329 e. The van der Waals surface area contributed by atoms with E-state index in [-0.39, 0.29) is 12.5 Å². The van der Waals surface area contributed by atoms with Crippen molar-refractivity contribution >= 4 is 50.0 Å². The van der Waals surface area contributed by atoms with Gasteiger partial charge in [-0.3, -0.25) is 10.1 Å². The van der Waals surface area contributed by atoms with Crippen LogP contribution in [0.5, 0.6) is 0 Å². The van der Waals surface area contributed by atoms with Crippen LogP contribution in [0.15, 0.2) is 34.2 Å². The standard InChI is InChI=1S/C13H13BrN4O2S/c1-8-6-9(14)2-3-10(8)17-11(19)7-16-12(20)18-13-15-4-5-21-13/h2-6H,7H2,1H3,(H,17,19)(H2,15,16,18,20). The Morgan fingerprint density at radius 3 is 2.81 bits per heavy atom. The van der Waals surface area contributed by atoms with Crippen LogP contribution < -0.4 is 16.0 Å². The number of nitrogens with zero attached hydrogens (tertiary/aromatic N) is 1. The lowest BCUT2D eigenvalue weighted by Gasteiger charge is -2.09. The zero-order valence-corrected chi connectivity index (χ0v) is 13.5. The second kappa shape index (κ2) is 7.19. The molecule has 8 heteroatoms. The van der Waals surface area contributed by atoms with E-state index in [1.165, 1.54) is 11.3 Å². The summed E-state index contributed by atoms with van der Waals surface area (Å²) >= 11 is 4.66. The number of carbonyl (C=O) groups excluding carboxylic acids is 2.